The minimum atomic E-state index is -0.301. The van der Waals surface area contributed by atoms with Gasteiger partial charge < -0.3 is 14.9 Å². The zero-order valence-corrected chi connectivity index (χ0v) is 14.5. The van der Waals surface area contributed by atoms with Crippen LogP contribution >= 0.6 is 23.2 Å². The van der Waals surface area contributed by atoms with Gasteiger partial charge in [-0.25, -0.2) is 4.98 Å². The average molecular weight is 367 g/mol. The lowest BCUT2D eigenvalue weighted by Gasteiger charge is -2.36. The molecule has 1 amide bonds. The molecule has 6 nitrogen and oxygen atoms in total. The summed E-state index contributed by atoms with van der Waals surface area (Å²) in [6.45, 7) is 4.19. The van der Waals surface area contributed by atoms with Gasteiger partial charge in [-0.15, -0.1) is 0 Å². The van der Waals surface area contributed by atoms with Crippen molar-refractivity contribution >= 4 is 34.9 Å². The first-order valence-electron chi connectivity index (χ1n) is 7.47. The van der Waals surface area contributed by atoms with Crippen LogP contribution in [0, 0.1) is 6.92 Å². The number of hydrogen-bond acceptors (Lipinski definition) is 5. The molecular formula is C16H16Cl2N4O2. The number of rotatable bonds is 2. The van der Waals surface area contributed by atoms with Gasteiger partial charge in [-0.1, -0.05) is 23.2 Å². The van der Waals surface area contributed by atoms with Crippen LogP contribution in [0.3, 0.4) is 0 Å². The number of aromatic hydroxyl groups is 1. The summed E-state index contributed by atoms with van der Waals surface area (Å²) in [5.41, 5.74) is 0.945. The topological polar surface area (TPSA) is 69.6 Å². The van der Waals surface area contributed by atoms with E-state index in [2.05, 4.69) is 14.9 Å². The van der Waals surface area contributed by atoms with Gasteiger partial charge in [0.25, 0.3) is 5.91 Å². The Labute approximate surface area is 149 Å². The van der Waals surface area contributed by atoms with Crippen molar-refractivity contribution < 1.29 is 9.90 Å². The van der Waals surface area contributed by atoms with Gasteiger partial charge in [-0.05, 0) is 19.1 Å². The molecule has 1 aromatic carbocycles. The minimum absolute atomic E-state index is 0.0881. The van der Waals surface area contributed by atoms with Gasteiger partial charge in [0.1, 0.15) is 11.6 Å². The molecule has 0 unspecified atom stereocenters. The van der Waals surface area contributed by atoms with E-state index >= 15 is 0 Å². The fourth-order valence-electron chi connectivity index (χ4n) is 2.76. The summed E-state index contributed by atoms with van der Waals surface area (Å²) in [5, 5.41) is 10.4. The average Bonchev–Trinajstić information content (AvgIpc) is 2.54. The Morgan fingerprint density at radius 2 is 1.79 bits per heavy atom. The number of piperazine rings is 1. The van der Waals surface area contributed by atoms with E-state index in [1.54, 1.807) is 17.3 Å². The highest BCUT2D eigenvalue weighted by Gasteiger charge is 2.27. The first kappa shape index (κ1) is 16.8. The second-order valence-corrected chi connectivity index (χ2v) is 6.37. The van der Waals surface area contributed by atoms with Crippen molar-refractivity contribution in [3.05, 3.63) is 45.8 Å². The first-order valence-corrected chi connectivity index (χ1v) is 8.23. The number of halogens is 2. The molecule has 1 N–H and O–H groups in total. The molecular weight excluding hydrogens is 351 g/mol. The molecule has 0 aliphatic carbocycles. The summed E-state index contributed by atoms with van der Waals surface area (Å²) in [7, 11) is 0. The third kappa shape index (κ3) is 3.25. The Kier molecular flexibility index (Phi) is 4.78. The largest absolute Gasteiger partial charge is 0.507 e. The molecule has 1 aromatic heterocycles. The molecule has 1 saturated heterocycles. The third-order valence-corrected chi connectivity index (χ3v) is 4.49. The van der Waals surface area contributed by atoms with E-state index in [-0.39, 0.29) is 27.3 Å². The molecule has 3 rings (SSSR count). The molecule has 1 aliphatic rings. The number of phenols is 1. The molecule has 0 saturated carbocycles. The minimum Gasteiger partial charge on any atom is -0.507 e. The van der Waals surface area contributed by atoms with Crippen molar-refractivity contribution in [3.8, 4) is 5.75 Å². The molecule has 1 aliphatic heterocycles. The van der Waals surface area contributed by atoms with Crippen LogP contribution in [0.5, 0.6) is 5.75 Å². The van der Waals surface area contributed by atoms with Gasteiger partial charge in [0.2, 0.25) is 0 Å². The van der Waals surface area contributed by atoms with Crippen molar-refractivity contribution in [2.24, 2.45) is 0 Å². The Morgan fingerprint density at radius 3 is 2.42 bits per heavy atom. The van der Waals surface area contributed by atoms with Gasteiger partial charge in [0, 0.05) is 43.6 Å². The number of carbonyl (C=O) groups excluding carboxylic acids is 1. The summed E-state index contributed by atoms with van der Waals surface area (Å²) in [6, 6.07) is 2.77. The Hall–Kier alpha value is -2.05. The van der Waals surface area contributed by atoms with Crippen LogP contribution in [0.25, 0.3) is 0 Å². The molecule has 2 aromatic rings. The molecule has 8 heteroatoms. The van der Waals surface area contributed by atoms with Crippen LogP contribution < -0.4 is 4.90 Å². The zero-order chi connectivity index (χ0) is 17.3. The SMILES string of the molecule is Cc1nccnc1N1CCN(C(=O)c2c(O)cc(Cl)cc2Cl)CC1. The summed E-state index contributed by atoms with van der Waals surface area (Å²) < 4.78 is 0. The standard InChI is InChI=1S/C16H16Cl2N4O2/c1-10-15(20-3-2-19-10)21-4-6-22(7-5-21)16(24)14-12(18)8-11(17)9-13(14)23/h2-3,8-9,23H,4-7H2,1H3. The molecule has 0 spiro atoms. The van der Waals surface area contributed by atoms with Crippen LogP contribution in [-0.4, -0.2) is 52.1 Å². The van der Waals surface area contributed by atoms with Gasteiger partial charge >= 0.3 is 0 Å². The Morgan fingerprint density at radius 1 is 1.12 bits per heavy atom. The van der Waals surface area contributed by atoms with Gasteiger partial charge in [0.15, 0.2) is 0 Å². The van der Waals surface area contributed by atoms with Crippen molar-refractivity contribution in [3.63, 3.8) is 0 Å². The summed E-state index contributed by atoms with van der Waals surface area (Å²) in [5.74, 6) is 0.325. The van der Waals surface area contributed by atoms with Gasteiger partial charge in [-0.2, -0.15) is 0 Å². The molecule has 0 bridgehead atoms. The molecule has 126 valence electrons. The number of amides is 1. The van der Waals surface area contributed by atoms with E-state index in [0.717, 1.165) is 11.5 Å². The van der Waals surface area contributed by atoms with Gasteiger partial charge in [-0.3, -0.25) is 9.78 Å². The second-order valence-electron chi connectivity index (χ2n) is 5.53. The predicted octanol–water partition coefficient (Wildman–Crippen LogP) is 2.76. The molecule has 0 atom stereocenters. The Bertz CT molecular complexity index is 753. The van der Waals surface area contributed by atoms with E-state index in [0.29, 0.717) is 26.2 Å². The number of phenolic OH excluding ortho intramolecular Hbond substituents is 1. The maximum absolute atomic E-state index is 12.7. The van der Waals surface area contributed by atoms with E-state index < -0.39 is 0 Å². The van der Waals surface area contributed by atoms with Crippen molar-refractivity contribution in [1.82, 2.24) is 14.9 Å². The maximum atomic E-state index is 12.7. The second kappa shape index (κ2) is 6.83. The fraction of sp³-hybridized carbons (Fsp3) is 0.312. The van der Waals surface area contributed by atoms with Gasteiger partial charge in [0.05, 0.1) is 16.3 Å². The lowest BCUT2D eigenvalue weighted by atomic mass is 10.1. The Balaban J connectivity index is 1.73. The number of hydrogen-bond donors (Lipinski definition) is 1. The first-order chi connectivity index (χ1) is 11.5. The maximum Gasteiger partial charge on any atom is 0.259 e. The van der Waals surface area contributed by atoms with E-state index in [1.165, 1.54) is 12.1 Å². The van der Waals surface area contributed by atoms with E-state index in [1.807, 2.05) is 6.92 Å². The predicted molar refractivity (Wildman–Crippen MR) is 93.0 cm³/mol. The summed E-state index contributed by atoms with van der Waals surface area (Å²) in [6.07, 6.45) is 3.31. The monoisotopic (exact) mass is 366 g/mol. The number of anilines is 1. The highest BCUT2D eigenvalue weighted by Crippen LogP contribution is 2.31. The number of nitrogens with zero attached hydrogens (tertiary/aromatic N) is 4. The zero-order valence-electron chi connectivity index (χ0n) is 13.0. The van der Waals surface area contributed by atoms with Crippen LogP contribution in [0.1, 0.15) is 16.1 Å². The molecule has 1 fully saturated rings. The van der Waals surface area contributed by atoms with Crippen molar-refractivity contribution in [1.29, 1.82) is 0 Å². The lowest BCUT2D eigenvalue weighted by Crippen LogP contribution is -2.49. The fourth-order valence-corrected chi connectivity index (χ4v) is 3.33. The van der Waals surface area contributed by atoms with Crippen molar-refractivity contribution in [2.75, 3.05) is 31.1 Å². The third-order valence-electron chi connectivity index (χ3n) is 3.97. The summed E-state index contributed by atoms with van der Waals surface area (Å²) in [4.78, 5) is 25.0. The van der Waals surface area contributed by atoms with E-state index in [9.17, 15) is 9.90 Å². The number of aromatic nitrogens is 2. The molecule has 0 radical (unpaired) electrons. The normalized spacial score (nSPS) is 14.8. The van der Waals surface area contributed by atoms with Crippen LogP contribution in [0.15, 0.2) is 24.5 Å². The summed E-state index contributed by atoms with van der Waals surface area (Å²) >= 11 is 11.9. The lowest BCUT2D eigenvalue weighted by molar-refractivity contribution is 0.0743. The van der Waals surface area contributed by atoms with Crippen LogP contribution in [0.4, 0.5) is 5.82 Å². The number of aryl methyl sites for hydroxylation is 1. The quantitative estimate of drug-likeness (QED) is 0.884. The highest BCUT2D eigenvalue weighted by atomic mass is 35.5. The smallest absolute Gasteiger partial charge is 0.259 e. The van der Waals surface area contributed by atoms with Crippen LogP contribution in [0.2, 0.25) is 10.0 Å². The number of benzene rings is 1. The van der Waals surface area contributed by atoms with Crippen LogP contribution in [-0.2, 0) is 0 Å². The van der Waals surface area contributed by atoms with Crippen molar-refractivity contribution in [2.45, 2.75) is 6.92 Å². The highest BCUT2D eigenvalue weighted by molar-refractivity contribution is 6.37. The molecule has 2 heterocycles. The molecule has 24 heavy (non-hydrogen) atoms. The number of carbonyl (C=O) groups is 1. The van der Waals surface area contributed by atoms with E-state index in [4.69, 9.17) is 23.2 Å².